The zero-order valence-electron chi connectivity index (χ0n) is 14.0. The molecule has 0 aromatic heterocycles. The second kappa shape index (κ2) is 7.31. The summed E-state index contributed by atoms with van der Waals surface area (Å²) in [6, 6.07) is 0.352. The van der Waals surface area contributed by atoms with Gasteiger partial charge in [-0.2, -0.15) is 0 Å². The summed E-state index contributed by atoms with van der Waals surface area (Å²) in [5.74, 6) is 2.52. The maximum Gasteiger partial charge on any atom is 0.225 e. The summed E-state index contributed by atoms with van der Waals surface area (Å²) in [5.41, 5.74) is 6.34. The number of nitrogens with zero attached hydrogens (tertiary/aromatic N) is 1. The molecule has 2 N–H and O–H groups in total. The Kier molecular flexibility index (Phi) is 5.40. The highest BCUT2D eigenvalue weighted by molar-refractivity contribution is 5.78. The lowest BCUT2D eigenvalue weighted by Crippen LogP contribution is -2.49. The predicted octanol–water partition coefficient (Wildman–Crippen LogP) is 2.42. The molecule has 0 radical (unpaired) electrons. The Labute approximate surface area is 134 Å². The van der Waals surface area contributed by atoms with E-state index in [1.54, 1.807) is 0 Å². The number of nitrogens with two attached hydrogens (primary N) is 1. The zero-order chi connectivity index (χ0) is 15.5. The van der Waals surface area contributed by atoms with Gasteiger partial charge in [0.2, 0.25) is 5.91 Å². The lowest BCUT2D eigenvalue weighted by Gasteiger charge is -2.44. The molecule has 4 heteroatoms. The van der Waals surface area contributed by atoms with Crippen LogP contribution in [0.2, 0.25) is 0 Å². The van der Waals surface area contributed by atoms with E-state index >= 15 is 0 Å². The SMILES string of the molecule is CN(CCC1CCOCC1)C(=O)C1CC2CCCC(C1)C2N. The topological polar surface area (TPSA) is 55.6 Å². The molecule has 3 aliphatic rings. The second-order valence-corrected chi connectivity index (χ2v) is 7.80. The van der Waals surface area contributed by atoms with E-state index < -0.39 is 0 Å². The van der Waals surface area contributed by atoms with Gasteiger partial charge in [-0.25, -0.2) is 0 Å². The van der Waals surface area contributed by atoms with Crippen molar-refractivity contribution >= 4 is 5.91 Å². The Balaban J connectivity index is 1.48. The molecular weight excluding hydrogens is 276 g/mol. The minimum Gasteiger partial charge on any atom is -0.381 e. The van der Waals surface area contributed by atoms with E-state index in [-0.39, 0.29) is 5.92 Å². The standard InChI is InChI=1S/C18H32N2O2/c1-20(8-5-13-6-9-22-10-7-13)18(21)16-11-14-3-2-4-15(12-16)17(14)19/h13-17H,2-12,19H2,1H3. The lowest BCUT2D eigenvalue weighted by molar-refractivity contribution is -0.137. The largest absolute Gasteiger partial charge is 0.381 e. The fourth-order valence-corrected chi connectivity index (χ4v) is 4.82. The molecule has 2 aliphatic carbocycles. The van der Waals surface area contributed by atoms with Crippen molar-refractivity contribution in [3.05, 3.63) is 0 Å². The van der Waals surface area contributed by atoms with Crippen LogP contribution < -0.4 is 5.73 Å². The predicted molar refractivity (Wildman–Crippen MR) is 87.3 cm³/mol. The van der Waals surface area contributed by atoms with Crippen LogP contribution in [0.15, 0.2) is 0 Å². The van der Waals surface area contributed by atoms with Gasteiger partial charge in [-0.05, 0) is 62.7 Å². The smallest absolute Gasteiger partial charge is 0.225 e. The number of hydrogen-bond acceptors (Lipinski definition) is 3. The Morgan fingerprint density at radius 1 is 1.14 bits per heavy atom. The third kappa shape index (κ3) is 3.65. The third-order valence-corrected chi connectivity index (χ3v) is 6.35. The number of ether oxygens (including phenoxy) is 1. The van der Waals surface area contributed by atoms with Crippen molar-refractivity contribution in [1.82, 2.24) is 4.90 Å². The normalized spacial score (nSPS) is 36.1. The quantitative estimate of drug-likeness (QED) is 0.868. The molecule has 2 saturated carbocycles. The van der Waals surface area contributed by atoms with Gasteiger partial charge in [0.1, 0.15) is 0 Å². The van der Waals surface area contributed by atoms with Crippen LogP contribution in [0.5, 0.6) is 0 Å². The highest BCUT2D eigenvalue weighted by Crippen LogP contribution is 2.42. The molecule has 1 saturated heterocycles. The first-order valence-electron chi connectivity index (χ1n) is 9.23. The van der Waals surface area contributed by atoms with Crippen LogP contribution in [0, 0.1) is 23.7 Å². The van der Waals surface area contributed by atoms with Gasteiger partial charge in [0.25, 0.3) is 0 Å². The molecule has 4 nitrogen and oxygen atoms in total. The van der Waals surface area contributed by atoms with E-state index in [0.717, 1.165) is 57.8 Å². The van der Waals surface area contributed by atoms with Gasteiger partial charge in [0.15, 0.2) is 0 Å². The van der Waals surface area contributed by atoms with Crippen LogP contribution in [-0.2, 0) is 9.53 Å². The number of rotatable bonds is 4. The molecule has 3 rings (SSSR count). The van der Waals surface area contributed by atoms with Gasteiger partial charge in [0, 0.05) is 38.8 Å². The van der Waals surface area contributed by atoms with E-state index in [1.807, 2.05) is 11.9 Å². The summed E-state index contributed by atoms with van der Waals surface area (Å²) in [6.45, 7) is 2.69. The Morgan fingerprint density at radius 3 is 2.41 bits per heavy atom. The summed E-state index contributed by atoms with van der Waals surface area (Å²) >= 11 is 0. The average Bonchev–Trinajstić information content (AvgIpc) is 2.52. The van der Waals surface area contributed by atoms with Crippen molar-refractivity contribution in [2.24, 2.45) is 29.4 Å². The Hall–Kier alpha value is -0.610. The minimum atomic E-state index is 0.231. The summed E-state index contributed by atoms with van der Waals surface area (Å²) in [4.78, 5) is 14.8. The molecule has 1 amide bonds. The summed E-state index contributed by atoms with van der Waals surface area (Å²) in [7, 11) is 1.99. The van der Waals surface area contributed by atoms with Gasteiger partial charge >= 0.3 is 0 Å². The first-order valence-corrected chi connectivity index (χ1v) is 9.23. The zero-order valence-corrected chi connectivity index (χ0v) is 14.0. The van der Waals surface area contributed by atoms with Crippen LogP contribution >= 0.6 is 0 Å². The molecule has 3 fully saturated rings. The molecule has 22 heavy (non-hydrogen) atoms. The highest BCUT2D eigenvalue weighted by atomic mass is 16.5. The molecule has 2 bridgehead atoms. The maximum atomic E-state index is 12.8. The van der Waals surface area contributed by atoms with Crippen molar-refractivity contribution < 1.29 is 9.53 Å². The van der Waals surface area contributed by atoms with Gasteiger partial charge in [0.05, 0.1) is 0 Å². The molecule has 126 valence electrons. The second-order valence-electron chi connectivity index (χ2n) is 7.80. The van der Waals surface area contributed by atoms with E-state index in [0.29, 0.717) is 23.8 Å². The average molecular weight is 308 g/mol. The Bertz CT molecular complexity index is 367. The Morgan fingerprint density at radius 2 is 1.77 bits per heavy atom. The molecule has 0 spiro atoms. The van der Waals surface area contributed by atoms with Crippen LogP contribution in [0.3, 0.4) is 0 Å². The highest BCUT2D eigenvalue weighted by Gasteiger charge is 2.41. The van der Waals surface area contributed by atoms with Crippen molar-refractivity contribution in [2.75, 3.05) is 26.8 Å². The number of hydrogen-bond donors (Lipinski definition) is 1. The molecular formula is C18H32N2O2. The maximum absolute atomic E-state index is 12.8. The van der Waals surface area contributed by atoms with Crippen molar-refractivity contribution in [1.29, 1.82) is 0 Å². The lowest BCUT2D eigenvalue weighted by atomic mass is 9.65. The number of carbonyl (C=O) groups is 1. The van der Waals surface area contributed by atoms with Crippen molar-refractivity contribution in [3.8, 4) is 0 Å². The summed E-state index contributed by atoms with van der Waals surface area (Å²) < 4.78 is 5.41. The number of amides is 1. The van der Waals surface area contributed by atoms with Crippen molar-refractivity contribution in [3.63, 3.8) is 0 Å². The summed E-state index contributed by atoms with van der Waals surface area (Å²) in [6.07, 6.45) is 9.26. The van der Waals surface area contributed by atoms with Gasteiger partial charge in [-0.3, -0.25) is 4.79 Å². The summed E-state index contributed by atoms with van der Waals surface area (Å²) in [5, 5.41) is 0. The first kappa shape index (κ1) is 16.3. The van der Waals surface area contributed by atoms with Crippen molar-refractivity contribution in [2.45, 2.75) is 57.4 Å². The van der Waals surface area contributed by atoms with Gasteiger partial charge in [-0.1, -0.05) is 6.42 Å². The minimum absolute atomic E-state index is 0.231. The molecule has 1 heterocycles. The van der Waals surface area contributed by atoms with Gasteiger partial charge in [-0.15, -0.1) is 0 Å². The third-order valence-electron chi connectivity index (χ3n) is 6.35. The first-order chi connectivity index (χ1) is 10.6. The van der Waals surface area contributed by atoms with E-state index in [4.69, 9.17) is 10.5 Å². The molecule has 0 aromatic carbocycles. The van der Waals surface area contributed by atoms with E-state index in [9.17, 15) is 4.79 Å². The number of carbonyl (C=O) groups excluding carboxylic acids is 1. The van der Waals surface area contributed by atoms with Crippen LogP contribution in [0.4, 0.5) is 0 Å². The molecule has 2 atom stereocenters. The van der Waals surface area contributed by atoms with E-state index in [1.165, 1.54) is 19.3 Å². The van der Waals surface area contributed by atoms with Crippen LogP contribution in [0.1, 0.15) is 51.4 Å². The fourth-order valence-electron chi connectivity index (χ4n) is 4.82. The monoisotopic (exact) mass is 308 g/mol. The van der Waals surface area contributed by atoms with E-state index in [2.05, 4.69) is 0 Å². The molecule has 2 unspecified atom stereocenters. The molecule has 0 aromatic rings. The van der Waals surface area contributed by atoms with Gasteiger partial charge < -0.3 is 15.4 Å². The number of fused-ring (bicyclic) bond motifs is 2. The van der Waals surface area contributed by atoms with Crippen LogP contribution in [-0.4, -0.2) is 43.7 Å². The molecule has 1 aliphatic heterocycles. The fraction of sp³-hybridized carbons (Fsp3) is 0.944. The van der Waals surface area contributed by atoms with Crippen LogP contribution in [0.25, 0.3) is 0 Å².